The molecule has 0 radical (unpaired) electrons. The van der Waals surface area contributed by atoms with Crippen molar-refractivity contribution in [2.75, 3.05) is 11.6 Å². The Kier molecular flexibility index (Phi) is 6.09. The van der Waals surface area contributed by atoms with E-state index in [0.717, 1.165) is 17.1 Å². The molecule has 0 atom stereocenters. The number of rotatable bonds is 8. The maximum Gasteiger partial charge on any atom is 0.424 e. The van der Waals surface area contributed by atoms with Crippen LogP contribution in [0.2, 0.25) is 0 Å². The Morgan fingerprint density at radius 2 is 1.22 bits per heavy atom. The first-order valence-corrected chi connectivity index (χ1v) is 9.12. The topological polar surface area (TPSA) is 179 Å². The molecule has 12 nitrogen and oxygen atoms in total. The highest BCUT2D eigenvalue weighted by atomic mass is 16.6. The highest BCUT2D eigenvalue weighted by molar-refractivity contribution is 5.79. The summed E-state index contributed by atoms with van der Waals surface area (Å²) in [6, 6.07) is 18.4. The molecule has 12 heteroatoms. The maximum atomic E-state index is 11.7. The van der Waals surface area contributed by atoms with Gasteiger partial charge in [0, 0.05) is 6.07 Å². The van der Waals surface area contributed by atoms with E-state index in [4.69, 9.17) is 5.84 Å². The fourth-order valence-electron chi connectivity index (χ4n) is 3.41. The summed E-state index contributed by atoms with van der Waals surface area (Å²) in [6.45, 7) is -0.448. The van der Waals surface area contributed by atoms with Crippen molar-refractivity contribution in [2.24, 2.45) is 5.84 Å². The van der Waals surface area contributed by atoms with Gasteiger partial charge in [0.05, 0.1) is 21.3 Å². The number of nitro benzene ring substituents is 3. The van der Waals surface area contributed by atoms with Gasteiger partial charge >= 0.3 is 17.1 Å². The second-order valence-corrected chi connectivity index (χ2v) is 6.79. The molecule has 0 unspecified atom stereocenters. The van der Waals surface area contributed by atoms with Gasteiger partial charge in [0.15, 0.2) is 0 Å². The van der Waals surface area contributed by atoms with Crippen molar-refractivity contribution in [1.82, 2.24) is 0 Å². The zero-order valence-electron chi connectivity index (χ0n) is 16.4. The van der Waals surface area contributed by atoms with E-state index < -0.39 is 49.7 Å². The van der Waals surface area contributed by atoms with Crippen LogP contribution in [0.5, 0.6) is 0 Å². The number of hydrogen-bond donors (Lipinski definition) is 2. The molecule has 32 heavy (non-hydrogen) atoms. The third-order valence-electron chi connectivity index (χ3n) is 4.88. The molecule has 0 aromatic heterocycles. The molecule has 0 aliphatic heterocycles. The van der Waals surface area contributed by atoms with Crippen LogP contribution in [0.4, 0.5) is 22.7 Å². The molecule has 0 heterocycles. The quantitative estimate of drug-likeness (QED) is 0.303. The minimum Gasteiger partial charge on any atom is -0.378 e. The maximum absolute atomic E-state index is 11.7. The first-order chi connectivity index (χ1) is 15.2. The van der Waals surface area contributed by atoms with Gasteiger partial charge in [-0.1, -0.05) is 60.7 Å². The van der Waals surface area contributed by atoms with E-state index in [0.29, 0.717) is 11.1 Å². The number of anilines is 1. The summed E-state index contributed by atoms with van der Waals surface area (Å²) in [7, 11) is 0. The molecule has 0 saturated carbocycles. The standard InChI is InChI=1S/C20H17N5O7/c21-22(16-11-12-17(23(27)28)19(25(31)32)18(16)24(29)30)13-20(26,14-7-3-1-4-8-14)15-9-5-2-6-10-15/h1-12,26H,13,21H2. The first kappa shape index (κ1) is 22.3. The van der Waals surface area contributed by atoms with Crippen LogP contribution in [0.3, 0.4) is 0 Å². The zero-order valence-corrected chi connectivity index (χ0v) is 16.4. The molecule has 0 fully saturated rings. The Morgan fingerprint density at radius 3 is 1.62 bits per heavy atom. The average Bonchev–Trinajstić information content (AvgIpc) is 2.78. The van der Waals surface area contributed by atoms with Crippen LogP contribution in [-0.4, -0.2) is 26.4 Å². The molecule has 3 rings (SSSR count). The van der Waals surface area contributed by atoms with E-state index in [2.05, 4.69) is 0 Å². The highest BCUT2D eigenvalue weighted by Crippen LogP contribution is 2.43. The van der Waals surface area contributed by atoms with Gasteiger partial charge in [-0.25, -0.2) is 5.84 Å². The predicted molar refractivity (Wildman–Crippen MR) is 114 cm³/mol. The van der Waals surface area contributed by atoms with E-state index >= 15 is 0 Å². The van der Waals surface area contributed by atoms with Gasteiger partial charge in [-0.2, -0.15) is 0 Å². The van der Waals surface area contributed by atoms with Crippen LogP contribution in [-0.2, 0) is 5.60 Å². The third-order valence-corrected chi connectivity index (χ3v) is 4.88. The number of hydrazine groups is 1. The lowest BCUT2D eigenvalue weighted by Gasteiger charge is -2.33. The fraction of sp³-hybridized carbons (Fsp3) is 0.100. The van der Waals surface area contributed by atoms with Crippen molar-refractivity contribution < 1.29 is 19.9 Å². The van der Waals surface area contributed by atoms with Gasteiger partial charge in [-0.15, -0.1) is 0 Å². The molecule has 0 saturated heterocycles. The number of nitrogens with two attached hydrogens (primary N) is 1. The lowest BCUT2D eigenvalue weighted by atomic mass is 9.86. The normalized spacial score (nSPS) is 11.1. The second-order valence-electron chi connectivity index (χ2n) is 6.79. The minimum absolute atomic E-state index is 0.417. The van der Waals surface area contributed by atoms with Gasteiger partial charge in [-0.3, -0.25) is 30.3 Å². The Bertz CT molecular complexity index is 1130. The number of aliphatic hydroxyl groups is 1. The number of hydrogen-bond acceptors (Lipinski definition) is 9. The molecular weight excluding hydrogens is 422 g/mol. The lowest BCUT2D eigenvalue weighted by molar-refractivity contribution is -0.440. The molecular formula is C20H17N5O7. The van der Waals surface area contributed by atoms with Crippen molar-refractivity contribution >= 4 is 22.7 Å². The van der Waals surface area contributed by atoms with E-state index in [1.165, 1.54) is 0 Å². The lowest BCUT2D eigenvalue weighted by Crippen LogP contribution is -2.45. The zero-order chi connectivity index (χ0) is 23.5. The van der Waals surface area contributed by atoms with Crippen LogP contribution in [0, 0.1) is 30.3 Å². The average molecular weight is 439 g/mol. The van der Waals surface area contributed by atoms with Crippen molar-refractivity contribution in [3.63, 3.8) is 0 Å². The summed E-state index contributed by atoms with van der Waals surface area (Å²) in [4.78, 5) is 30.9. The summed E-state index contributed by atoms with van der Waals surface area (Å²) < 4.78 is 0. The Balaban J connectivity index is 2.16. The smallest absolute Gasteiger partial charge is 0.378 e. The van der Waals surface area contributed by atoms with Crippen molar-refractivity contribution in [3.8, 4) is 0 Å². The highest BCUT2D eigenvalue weighted by Gasteiger charge is 2.42. The molecule has 0 bridgehead atoms. The summed E-state index contributed by atoms with van der Waals surface area (Å²) in [5.41, 5.74) is -4.87. The predicted octanol–water partition coefficient (Wildman–Crippen LogP) is 3.03. The van der Waals surface area contributed by atoms with Crippen LogP contribution in [0.1, 0.15) is 11.1 Å². The molecule has 0 aliphatic carbocycles. The molecule has 164 valence electrons. The first-order valence-electron chi connectivity index (χ1n) is 9.12. The molecule has 3 aromatic carbocycles. The van der Waals surface area contributed by atoms with Crippen LogP contribution >= 0.6 is 0 Å². The Hall–Kier alpha value is -4.42. The van der Waals surface area contributed by atoms with E-state index in [1.807, 2.05) is 0 Å². The van der Waals surface area contributed by atoms with Gasteiger partial charge in [-0.05, 0) is 17.2 Å². The molecule has 0 amide bonds. The van der Waals surface area contributed by atoms with Crippen molar-refractivity contribution in [1.29, 1.82) is 0 Å². The molecule has 3 aromatic rings. The summed E-state index contributed by atoms with van der Waals surface area (Å²) >= 11 is 0. The molecule has 0 aliphatic rings. The second kappa shape index (κ2) is 8.75. The largest absolute Gasteiger partial charge is 0.424 e. The Labute approximate surface area is 180 Å². The third kappa shape index (κ3) is 4.08. The van der Waals surface area contributed by atoms with E-state index in [1.54, 1.807) is 60.7 Å². The summed E-state index contributed by atoms with van der Waals surface area (Å²) in [6.07, 6.45) is 0. The minimum atomic E-state index is -1.76. The van der Waals surface area contributed by atoms with Crippen molar-refractivity contribution in [2.45, 2.75) is 5.60 Å². The number of benzene rings is 3. The summed E-state index contributed by atoms with van der Waals surface area (Å²) in [5.74, 6) is 6.07. The van der Waals surface area contributed by atoms with Crippen molar-refractivity contribution in [3.05, 3.63) is 114 Å². The Morgan fingerprint density at radius 1 is 0.750 bits per heavy atom. The SMILES string of the molecule is NN(CC(O)(c1ccccc1)c1ccccc1)c1ccc([N+](=O)[O-])c([N+](=O)[O-])c1[N+](=O)[O-]. The van der Waals surface area contributed by atoms with Gasteiger partial charge in [0.2, 0.25) is 0 Å². The number of nitrogens with zero attached hydrogens (tertiary/aromatic N) is 4. The van der Waals surface area contributed by atoms with Crippen LogP contribution in [0.15, 0.2) is 72.8 Å². The van der Waals surface area contributed by atoms with Crippen LogP contribution < -0.4 is 10.9 Å². The molecule has 3 N–H and O–H groups in total. The molecule has 0 spiro atoms. The van der Waals surface area contributed by atoms with Gasteiger partial charge < -0.3 is 10.1 Å². The number of nitro groups is 3. The monoisotopic (exact) mass is 439 g/mol. The van der Waals surface area contributed by atoms with E-state index in [-0.39, 0.29) is 0 Å². The van der Waals surface area contributed by atoms with E-state index in [9.17, 15) is 35.4 Å². The van der Waals surface area contributed by atoms with Crippen LogP contribution in [0.25, 0.3) is 0 Å². The summed E-state index contributed by atoms with van der Waals surface area (Å²) in [5, 5.41) is 46.7. The van der Waals surface area contributed by atoms with Gasteiger partial charge in [0.1, 0.15) is 11.3 Å². The van der Waals surface area contributed by atoms with Gasteiger partial charge in [0.25, 0.3) is 0 Å². The fourth-order valence-corrected chi connectivity index (χ4v) is 3.41.